The third-order valence-corrected chi connectivity index (χ3v) is 6.84. The van der Waals surface area contributed by atoms with Gasteiger partial charge in [0.2, 0.25) is 0 Å². The number of hydrogen-bond acceptors (Lipinski definition) is 5. The molecule has 0 N–H and O–H groups in total. The maximum Gasteiger partial charge on any atom is 0.271 e. The van der Waals surface area contributed by atoms with Crippen LogP contribution in [0.4, 0.5) is 11.4 Å². The van der Waals surface area contributed by atoms with Gasteiger partial charge in [0.05, 0.1) is 27.4 Å². The number of nitrogens with zero attached hydrogens (tertiary/aromatic N) is 2. The molecule has 1 heterocycles. The summed E-state index contributed by atoms with van der Waals surface area (Å²) in [6, 6.07) is 19.5. The number of aryl methyl sites for hydroxylation is 2. The molecule has 182 valence electrons. The lowest BCUT2D eigenvalue weighted by atomic mass is 10.1. The highest BCUT2D eigenvalue weighted by molar-refractivity contribution is 9.10. The first-order valence-corrected chi connectivity index (χ1v) is 13.0. The van der Waals surface area contributed by atoms with E-state index in [4.69, 9.17) is 20.9 Å². The number of carbonyl (C=O) groups is 1. The Kier molecular flexibility index (Phi) is 8.19. The summed E-state index contributed by atoms with van der Waals surface area (Å²) >= 11 is 4.89. The van der Waals surface area contributed by atoms with Gasteiger partial charge in [-0.1, -0.05) is 41.3 Å². The molecule has 0 aliphatic carbocycles. The van der Waals surface area contributed by atoms with Crippen molar-refractivity contribution in [3.63, 3.8) is 0 Å². The van der Waals surface area contributed by atoms with Crippen LogP contribution in [0.25, 0.3) is 6.08 Å². The normalized spacial score (nSPS) is 15.4. The molecule has 0 aromatic heterocycles. The summed E-state index contributed by atoms with van der Waals surface area (Å²) in [6.45, 7) is 6.52. The van der Waals surface area contributed by atoms with Crippen molar-refractivity contribution in [2.75, 3.05) is 18.1 Å². The fourth-order valence-electron chi connectivity index (χ4n) is 3.54. The van der Waals surface area contributed by atoms with Crippen molar-refractivity contribution in [2.45, 2.75) is 20.8 Å². The number of hydrogen-bond donors (Lipinski definition) is 0. The summed E-state index contributed by atoms with van der Waals surface area (Å²) in [5.74, 6) is 3.41. The summed E-state index contributed by atoms with van der Waals surface area (Å²) in [5, 5.41) is 0.594. The number of halogens is 1. The van der Waals surface area contributed by atoms with Crippen molar-refractivity contribution in [2.24, 2.45) is 4.99 Å². The number of amidine groups is 1. The first-order valence-electron chi connectivity index (χ1n) is 11.4. The molecule has 0 bridgehead atoms. The van der Waals surface area contributed by atoms with Crippen molar-refractivity contribution in [3.8, 4) is 23.8 Å². The minimum atomic E-state index is -0.142. The Balaban J connectivity index is 1.75. The molecule has 36 heavy (non-hydrogen) atoms. The van der Waals surface area contributed by atoms with Crippen LogP contribution in [-0.2, 0) is 4.79 Å². The highest BCUT2D eigenvalue weighted by Crippen LogP contribution is 2.41. The van der Waals surface area contributed by atoms with E-state index in [1.54, 1.807) is 4.90 Å². The van der Waals surface area contributed by atoms with Gasteiger partial charge in [-0.3, -0.25) is 9.69 Å². The first-order chi connectivity index (χ1) is 17.4. The summed E-state index contributed by atoms with van der Waals surface area (Å²) in [7, 11) is 0. The van der Waals surface area contributed by atoms with E-state index in [-0.39, 0.29) is 12.5 Å². The van der Waals surface area contributed by atoms with E-state index in [1.807, 2.05) is 87.5 Å². The number of aliphatic imine (C=N–C) groups is 1. The fraction of sp³-hybridized carbons (Fsp3) is 0.172. The number of carbonyl (C=O) groups excluding carboxylic acids is 1. The molecular formula is C29H25BrN2O3S. The Hall–Kier alpha value is -3.47. The van der Waals surface area contributed by atoms with Gasteiger partial charge in [0.15, 0.2) is 16.7 Å². The minimum absolute atomic E-state index is 0.123. The van der Waals surface area contributed by atoms with Crippen molar-refractivity contribution >= 4 is 56.2 Å². The average molecular weight is 562 g/mol. The van der Waals surface area contributed by atoms with Crippen LogP contribution in [0.15, 0.2) is 75.0 Å². The zero-order valence-electron chi connectivity index (χ0n) is 20.2. The molecule has 1 saturated heterocycles. The van der Waals surface area contributed by atoms with Gasteiger partial charge in [-0.25, -0.2) is 4.99 Å². The Morgan fingerprint density at radius 1 is 1.06 bits per heavy atom. The van der Waals surface area contributed by atoms with Crippen LogP contribution < -0.4 is 14.4 Å². The lowest BCUT2D eigenvalue weighted by molar-refractivity contribution is -0.113. The maximum absolute atomic E-state index is 13.6. The molecular weight excluding hydrogens is 536 g/mol. The standard InChI is InChI=1S/C29H25BrN2O3S/c1-5-15-35-27-24(30)16-21(17-25(27)34-6-2)18-26-28(33)32(23-13-9-20(4)10-14-23)29(36-26)31-22-11-7-19(3)8-12-22/h1,7-14,16-18H,6,15H2,2-4H3/b26-18-,31-29?. The van der Waals surface area contributed by atoms with E-state index in [0.717, 1.165) is 28.1 Å². The van der Waals surface area contributed by atoms with Crippen LogP contribution in [-0.4, -0.2) is 24.3 Å². The quantitative estimate of drug-likeness (QED) is 0.225. The van der Waals surface area contributed by atoms with Gasteiger partial charge in [0.25, 0.3) is 5.91 Å². The molecule has 3 aromatic rings. The maximum atomic E-state index is 13.6. The van der Waals surface area contributed by atoms with Crippen LogP contribution in [0, 0.1) is 26.2 Å². The largest absolute Gasteiger partial charge is 0.490 e. The van der Waals surface area contributed by atoms with E-state index in [9.17, 15) is 4.79 Å². The molecule has 0 radical (unpaired) electrons. The van der Waals surface area contributed by atoms with E-state index in [2.05, 4.69) is 21.9 Å². The van der Waals surface area contributed by atoms with Crippen molar-refractivity contribution in [3.05, 3.63) is 86.7 Å². The Morgan fingerprint density at radius 2 is 1.72 bits per heavy atom. The third kappa shape index (κ3) is 5.84. The number of anilines is 1. The highest BCUT2D eigenvalue weighted by atomic mass is 79.9. The van der Waals surface area contributed by atoms with Gasteiger partial charge in [0.1, 0.15) is 6.61 Å². The van der Waals surface area contributed by atoms with Gasteiger partial charge in [-0.05, 0) is 96.5 Å². The number of benzene rings is 3. The zero-order valence-corrected chi connectivity index (χ0v) is 22.7. The molecule has 7 heteroatoms. The van der Waals surface area contributed by atoms with Crippen LogP contribution in [0.1, 0.15) is 23.6 Å². The number of amides is 1. The predicted octanol–water partition coefficient (Wildman–Crippen LogP) is 7.29. The van der Waals surface area contributed by atoms with E-state index in [0.29, 0.717) is 32.7 Å². The Morgan fingerprint density at radius 3 is 2.36 bits per heavy atom. The number of thioether (sulfide) groups is 1. The van der Waals surface area contributed by atoms with Gasteiger partial charge >= 0.3 is 0 Å². The smallest absolute Gasteiger partial charge is 0.271 e. The SMILES string of the molecule is C#CCOc1c(Br)cc(/C=C2\SC(=Nc3ccc(C)cc3)N(c3ccc(C)cc3)C2=O)cc1OCC. The second kappa shape index (κ2) is 11.5. The van der Waals surface area contributed by atoms with Crippen LogP contribution in [0.5, 0.6) is 11.5 Å². The molecule has 1 fully saturated rings. The summed E-state index contributed by atoms with van der Waals surface area (Å²) in [4.78, 5) is 20.6. The molecule has 5 nitrogen and oxygen atoms in total. The summed E-state index contributed by atoms with van der Waals surface area (Å²) in [5.41, 5.74) is 4.60. The first kappa shape index (κ1) is 25.6. The summed E-state index contributed by atoms with van der Waals surface area (Å²) < 4.78 is 12.1. The predicted molar refractivity (Wildman–Crippen MR) is 152 cm³/mol. The average Bonchev–Trinajstić information content (AvgIpc) is 3.15. The van der Waals surface area contributed by atoms with Gasteiger partial charge in [-0.2, -0.15) is 0 Å². The third-order valence-electron chi connectivity index (χ3n) is 5.29. The minimum Gasteiger partial charge on any atom is -0.490 e. The molecule has 0 atom stereocenters. The second-order valence-electron chi connectivity index (χ2n) is 8.07. The number of terminal acetylenes is 1. The number of ether oxygens (including phenoxy) is 2. The topological polar surface area (TPSA) is 51.1 Å². The molecule has 1 amide bonds. The van der Waals surface area contributed by atoms with Crippen LogP contribution in [0.2, 0.25) is 0 Å². The molecule has 0 unspecified atom stereocenters. The lowest BCUT2D eigenvalue weighted by Gasteiger charge is -2.16. The molecule has 1 aliphatic rings. The van der Waals surface area contributed by atoms with E-state index < -0.39 is 0 Å². The Labute approximate surface area is 224 Å². The fourth-order valence-corrected chi connectivity index (χ4v) is 5.11. The van der Waals surface area contributed by atoms with Gasteiger partial charge in [0, 0.05) is 0 Å². The van der Waals surface area contributed by atoms with Gasteiger partial charge < -0.3 is 9.47 Å². The van der Waals surface area contributed by atoms with E-state index in [1.165, 1.54) is 11.8 Å². The molecule has 0 saturated carbocycles. The molecule has 3 aromatic carbocycles. The van der Waals surface area contributed by atoms with Crippen LogP contribution in [0.3, 0.4) is 0 Å². The highest BCUT2D eigenvalue weighted by Gasteiger charge is 2.35. The summed E-state index contributed by atoms with van der Waals surface area (Å²) in [6.07, 6.45) is 7.19. The molecule has 1 aliphatic heterocycles. The van der Waals surface area contributed by atoms with Gasteiger partial charge in [-0.15, -0.1) is 6.42 Å². The monoisotopic (exact) mass is 560 g/mol. The van der Waals surface area contributed by atoms with E-state index >= 15 is 0 Å². The second-order valence-corrected chi connectivity index (χ2v) is 9.94. The van der Waals surface area contributed by atoms with Crippen molar-refractivity contribution in [1.29, 1.82) is 0 Å². The van der Waals surface area contributed by atoms with Crippen molar-refractivity contribution < 1.29 is 14.3 Å². The zero-order chi connectivity index (χ0) is 25.7. The lowest BCUT2D eigenvalue weighted by Crippen LogP contribution is -2.28. The molecule has 4 rings (SSSR count). The van der Waals surface area contributed by atoms with Crippen LogP contribution >= 0.6 is 27.7 Å². The Bertz CT molecular complexity index is 1370. The number of rotatable bonds is 7. The van der Waals surface area contributed by atoms with Crippen molar-refractivity contribution in [1.82, 2.24) is 0 Å². The molecule has 0 spiro atoms.